The first-order valence-electron chi connectivity index (χ1n) is 8.28. The lowest BCUT2D eigenvalue weighted by Gasteiger charge is -2.19. The van der Waals surface area contributed by atoms with Crippen LogP contribution in [0.15, 0.2) is 63.5 Å². The van der Waals surface area contributed by atoms with E-state index in [9.17, 15) is 14.7 Å². The van der Waals surface area contributed by atoms with Crippen LogP contribution >= 0.6 is 63.7 Å². The number of carbonyl (C=O) groups is 1. The molecule has 0 saturated carbocycles. The Bertz CT molecular complexity index is 1360. The number of aromatic hydroxyl groups is 1. The lowest BCUT2D eigenvalue weighted by molar-refractivity contribution is 0.101. The second-order valence-corrected chi connectivity index (χ2v) is 9.65. The number of halogens is 4. The van der Waals surface area contributed by atoms with Gasteiger partial charge < -0.3 is 9.52 Å². The third-order valence-electron chi connectivity index (χ3n) is 4.60. The van der Waals surface area contributed by atoms with Crippen molar-refractivity contribution in [2.75, 3.05) is 0 Å². The first-order chi connectivity index (χ1) is 13.7. The highest BCUT2D eigenvalue weighted by molar-refractivity contribution is 9.11. The van der Waals surface area contributed by atoms with Gasteiger partial charge in [0.15, 0.2) is 17.1 Å². The highest BCUT2D eigenvalue weighted by Gasteiger charge is 2.26. The zero-order valence-electron chi connectivity index (χ0n) is 14.6. The Balaban J connectivity index is 2.34. The molecule has 0 bridgehead atoms. The van der Waals surface area contributed by atoms with Crippen LogP contribution in [-0.4, -0.2) is 10.9 Å². The standard InChI is InChI=1S/C21H10Br4O4/c1-8(26)9-4-2-3-5-10(9)15-11-6-13(22)18(27)16(24)20(11)29-21-12(15)7-14(23)19(28)17(21)25/h2-7,27H,1H3. The quantitative estimate of drug-likeness (QED) is 0.181. The van der Waals surface area contributed by atoms with E-state index >= 15 is 0 Å². The maximum absolute atomic E-state index is 12.5. The van der Waals surface area contributed by atoms with Crippen molar-refractivity contribution in [1.29, 1.82) is 0 Å². The molecule has 2 aliphatic rings. The Morgan fingerprint density at radius 3 is 2.34 bits per heavy atom. The van der Waals surface area contributed by atoms with E-state index in [-0.39, 0.29) is 21.4 Å². The molecule has 1 aliphatic carbocycles. The minimum absolute atomic E-state index is 0.0259. The topological polar surface area (TPSA) is 67.5 Å². The summed E-state index contributed by atoms with van der Waals surface area (Å²) < 4.78 is 7.48. The normalized spacial score (nSPS) is 11.3. The van der Waals surface area contributed by atoms with E-state index in [2.05, 4.69) is 63.7 Å². The van der Waals surface area contributed by atoms with E-state index in [4.69, 9.17) is 4.42 Å². The molecule has 1 aliphatic heterocycles. The fourth-order valence-corrected chi connectivity index (χ4v) is 5.69. The van der Waals surface area contributed by atoms with Gasteiger partial charge in [-0.15, -0.1) is 0 Å². The lowest BCUT2D eigenvalue weighted by Crippen LogP contribution is -2.07. The molecule has 8 heteroatoms. The Labute approximate surface area is 198 Å². The van der Waals surface area contributed by atoms with Crippen LogP contribution in [0.5, 0.6) is 5.75 Å². The molecule has 0 radical (unpaired) electrons. The van der Waals surface area contributed by atoms with Crippen LogP contribution in [0, 0.1) is 0 Å². The largest absolute Gasteiger partial charge is 0.505 e. The third-order valence-corrected chi connectivity index (χ3v) is 7.25. The summed E-state index contributed by atoms with van der Waals surface area (Å²) in [6.45, 7) is 1.51. The molecule has 0 fully saturated rings. The van der Waals surface area contributed by atoms with E-state index in [0.29, 0.717) is 46.8 Å². The first kappa shape index (κ1) is 20.8. The van der Waals surface area contributed by atoms with E-state index in [1.165, 1.54) is 6.92 Å². The molecule has 1 heterocycles. The minimum Gasteiger partial charge on any atom is -0.505 e. The molecule has 0 amide bonds. The van der Waals surface area contributed by atoms with Crippen molar-refractivity contribution in [3.05, 3.63) is 70.1 Å². The third kappa shape index (κ3) is 3.30. The summed E-state index contributed by atoms with van der Waals surface area (Å²) in [5, 5.41) is 11.0. The van der Waals surface area contributed by atoms with Gasteiger partial charge in [0, 0.05) is 22.1 Å². The van der Waals surface area contributed by atoms with Crippen LogP contribution in [0.1, 0.15) is 17.3 Å². The molecular formula is C21H10Br4O4. The molecule has 4 nitrogen and oxygen atoms in total. The monoisotopic (exact) mass is 642 g/mol. The number of fused-ring (bicyclic) bond motifs is 2. The van der Waals surface area contributed by atoms with Crippen molar-refractivity contribution in [3.63, 3.8) is 0 Å². The van der Waals surface area contributed by atoms with Crippen molar-refractivity contribution in [2.24, 2.45) is 0 Å². The predicted molar refractivity (Wildman–Crippen MR) is 127 cm³/mol. The van der Waals surface area contributed by atoms with Crippen LogP contribution < -0.4 is 5.43 Å². The Hall–Kier alpha value is -1.48. The number of phenols is 1. The van der Waals surface area contributed by atoms with E-state index < -0.39 is 0 Å². The number of hydrogen-bond acceptors (Lipinski definition) is 4. The minimum atomic E-state index is -0.260. The van der Waals surface area contributed by atoms with Crippen molar-refractivity contribution in [3.8, 4) is 28.2 Å². The molecule has 0 saturated heterocycles. The summed E-state index contributed by atoms with van der Waals surface area (Å²) in [6.07, 6.45) is 0. The average molecular weight is 646 g/mol. The average Bonchev–Trinajstić information content (AvgIpc) is 2.69. The molecule has 1 N–H and O–H groups in total. The number of ketones is 1. The summed E-state index contributed by atoms with van der Waals surface area (Å²) in [5.74, 6) is 0.210. The molecule has 2 aromatic carbocycles. The SMILES string of the molecule is CC(=O)c1ccccc1-c1c2cc(Br)c(=O)c(Br)c-2oc2c(Br)c(O)c(Br)cc12. The number of Topliss-reactive ketones (excluding diaryl/α,β-unsaturated/α-hetero) is 1. The van der Waals surface area contributed by atoms with Gasteiger partial charge in [-0.2, -0.15) is 0 Å². The number of hydrogen-bond donors (Lipinski definition) is 1. The van der Waals surface area contributed by atoms with Crippen LogP contribution in [0.25, 0.3) is 33.4 Å². The van der Waals surface area contributed by atoms with Gasteiger partial charge in [-0.1, -0.05) is 24.3 Å². The smallest absolute Gasteiger partial charge is 0.210 e. The molecule has 146 valence electrons. The Kier molecular flexibility index (Phi) is 5.48. The van der Waals surface area contributed by atoms with Gasteiger partial charge in [0.25, 0.3) is 0 Å². The van der Waals surface area contributed by atoms with E-state index in [0.717, 1.165) is 5.56 Å². The molecule has 0 unspecified atom stereocenters. The van der Waals surface area contributed by atoms with Gasteiger partial charge in [-0.05, 0) is 88.3 Å². The lowest BCUT2D eigenvalue weighted by atomic mass is 9.90. The zero-order valence-corrected chi connectivity index (χ0v) is 21.0. The van der Waals surface area contributed by atoms with Gasteiger partial charge in [-0.3, -0.25) is 9.59 Å². The number of carbonyl (C=O) groups excluding carboxylic acids is 1. The van der Waals surface area contributed by atoms with Gasteiger partial charge in [0.05, 0.1) is 8.95 Å². The van der Waals surface area contributed by atoms with Crippen LogP contribution in [-0.2, 0) is 0 Å². The number of benzene rings is 3. The van der Waals surface area contributed by atoms with Gasteiger partial charge in [-0.25, -0.2) is 0 Å². The molecule has 2 aromatic rings. The number of rotatable bonds is 2. The Morgan fingerprint density at radius 1 is 0.966 bits per heavy atom. The maximum atomic E-state index is 12.5. The molecule has 0 aromatic heterocycles. The fourth-order valence-electron chi connectivity index (χ4n) is 3.29. The summed E-state index contributed by atoms with van der Waals surface area (Å²) in [4.78, 5) is 24.8. The van der Waals surface area contributed by atoms with E-state index in [1.54, 1.807) is 24.3 Å². The highest BCUT2D eigenvalue weighted by atomic mass is 79.9. The maximum Gasteiger partial charge on any atom is 0.210 e. The van der Waals surface area contributed by atoms with E-state index in [1.807, 2.05) is 12.1 Å². The van der Waals surface area contributed by atoms with Crippen molar-refractivity contribution < 1.29 is 14.3 Å². The summed E-state index contributed by atoms with van der Waals surface area (Å²) in [7, 11) is 0. The predicted octanol–water partition coefficient (Wildman–Crippen LogP) is 7.52. The van der Waals surface area contributed by atoms with Crippen LogP contribution in [0.2, 0.25) is 0 Å². The van der Waals surface area contributed by atoms with Crippen molar-refractivity contribution in [2.45, 2.75) is 6.92 Å². The molecule has 29 heavy (non-hydrogen) atoms. The van der Waals surface area contributed by atoms with Crippen molar-refractivity contribution >= 4 is 80.5 Å². The van der Waals surface area contributed by atoms with Crippen LogP contribution in [0.4, 0.5) is 0 Å². The zero-order chi connectivity index (χ0) is 21.0. The molecule has 0 atom stereocenters. The molecule has 0 spiro atoms. The second-order valence-electron chi connectivity index (χ2n) is 6.35. The first-order valence-corrected chi connectivity index (χ1v) is 11.5. The van der Waals surface area contributed by atoms with Gasteiger partial charge >= 0.3 is 0 Å². The van der Waals surface area contributed by atoms with Crippen LogP contribution in [0.3, 0.4) is 0 Å². The second kappa shape index (κ2) is 7.65. The summed E-state index contributed by atoms with van der Waals surface area (Å²) in [6, 6.07) is 10.7. The van der Waals surface area contributed by atoms with Gasteiger partial charge in [0.1, 0.15) is 14.7 Å². The molecular weight excluding hydrogens is 636 g/mol. The molecule has 4 rings (SSSR count). The fraction of sp³-hybridized carbons (Fsp3) is 0.0476. The number of phenolic OH excluding ortho intramolecular Hbond substituents is 1. The summed E-state index contributed by atoms with van der Waals surface area (Å²) in [5.41, 5.74) is 2.70. The summed E-state index contributed by atoms with van der Waals surface area (Å²) >= 11 is 13.4. The van der Waals surface area contributed by atoms with Gasteiger partial charge in [0.2, 0.25) is 5.43 Å². The Morgan fingerprint density at radius 2 is 1.66 bits per heavy atom. The highest BCUT2D eigenvalue weighted by Crippen LogP contribution is 2.49. The van der Waals surface area contributed by atoms with Crippen molar-refractivity contribution in [1.82, 2.24) is 0 Å².